The maximum Gasteiger partial charge on any atom is 0.490 e. The molecule has 0 unspecified atom stereocenters. The third kappa shape index (κ3) is 7.77. The predicted molar refractivity (Wildman–Crippen MR) is 132 cm³/mol. The van der Waals surface area contributed by atoms with Gasteiger partial charge in [0.25, 0.3) is 5.56 Å². The van der Waals surface area contributed by atoms with E-state index >= 15 is 0 Å². The van der Waals surface area contributed by atoms with E-state index in [-0.39, 0.29) is 17.5 Å². The van der Waals surface area contributed by atoms with E-state index in [0.717, 1.165) is 36.0 Å². The van der Waals surface area contributed by atoms with Gasteiger partial charge in [-0.05, 0) is 43.1 Å². The quantitative estimate of drug-likeness (QED) is 0.474. The molecular formula is C25H26ClF3N4O4. The highest BCUT2D eigenvalue weighted by Gasteiger charge is 2.38. The first-order chi connectivity index (χ1) is 17.5. The van der Waals surface area contributed by atoms with E-state index in [2.05, 4.69) is 4.90 Å². The molecule has 0 spiro atoms. The molecule has 198 valence electrons. The van der Waals surface area contributed by atoms with E-state index in [4.69, 9.17) is 32.3 Å². The fourth-order valence-corrected chi connectivity index (χ4v) is 4.33. The number of amides is 1. The summed E-state index contributed by atoms with van der Waals surface area (Å²) in [4.78, 5) is 35.4. The number of alkyl halides is 3. The summed E-state index contributed by atoms with van der Waals surface area (Å²) in [6, 6.07) is 15.5. The molecule has 12 heteroatoms. The number of primary amides is 1. The monoisotopic (exact) mass is 538 g/mol. The van der Waals surface area contributed by atoms with Crippen LogP contribution in [0.2, 0.25) is 5.02 Å². The van der Waals surface area contributed by atoms with Crippen LogP contribution < -0.4 is 11.3 Å². The molecule has 8 nitrogen and oxygen atoms in total. The molecule has 0 saturated carbocycles. The van der Waals surface area contributed by atoms with Crippen molar-refractivity contribution in [1.29, 1.82) is 0 Å². The Morgan fingerprint density at radius 1 is 1.11 bits per heavy atom. The summed E-state index contributed by atoms with van der Waals surface area (Å²) in [5.41, 5.74) is 7.20. The van der Waals surface area contributed by atoms with Crippen molar-refractivity contribution in [3.63, 3.8) is 0 Å². The van der Waals surface area contributed by atoms with Crippen LogP contribution in [0.5, 0.6) is 0 Å². The highest BCUT2D eigenvalue weighted by Crippen LogP contribution is 2.21. The van der Waals surface area contributed by atoms with E-state index in [9.17, 15) is 22.8 Å². The van der Waals surface area contributed by atoms with Gasteiger partial charge in [-0.3, -0.25) is 14.5 Å². The van der Waals surface area contributed by atoms with Crippen LogP contribution in [-0.4, -0.2) is 57.0 Å². The second-order valence-corrected chi connectivity index (χ2v) is 9.07. The van der Waals surface area contributed by atoms with Crippen LogP contribution >= 0.6 is 11.6 Å². The van der Waals surface area contributed by atoms with E-state index in [0.29, 0.717) is 36.3 Å². The average Bonchev–Trinajstić information content (AvgIpc) is 3.29. The Morgan fingerprint density at radius 3 is 2.32 bits per heavy atom. The lowest BCUT2D eigenvalue weighted by Crippen LogP contribution is -2.39. The average molecular weight is 539 g/mol. The number of carboxylic acid groups (broad SMARTS) is 1. The molecule has 1 atom stereocenters. The smallest absolute Gasteiger partial charge is 0.475 e. The number of carbonyl (C=O) groups is 2. The minimum atomic E-state index is -5.08. The van der Waals surface area contributed by atoms with E-state index in [1.54, 1.807) is 4.68 Å². The zero-order valence-corrected chi connectivity index (χ0v) is 20.5. The van der Waals surface area contributed by atoms with Crippen molar-refractivity contribution in [3.8, 4) is 0 Å². The second kappa shape index (κ2) is 12.2. The molecule has 1 aliphatic rings. The summed E-state index contributed by atoms with van der Waals surface area (Å²) in [5.74, 6) is -3.06. The van der Waals surface area contributed by atoms with Crippen LogP contribution in [0.15, 0.2) is 53.3 Å². The molecule has 3 aromatic rings. The summed E-state index contributed by atoms with van der Waals surface area (Å²) < 4.78 is 33.3. The third-order valence-corrected chi connectivity index (χ3v) is 6.25. The van der Waals surface area contributed by atoms with Crippen LogP contribution in [0.1, 0.15) is 30.5 Å². The van der Waals surface area contributed by atoms with Gasteiger partial charge in [-0.2, -0.15) is 18.3 Å². The molecule has 1 aliphatic heterocycles. The Hall–Kier alpha value is -3.44. The van der Waals surface area contributed by atoms with Crippen LogP contribution in [0.3, 0.4) is 0 Å². The number of aromatic nitrogens is 2. The third-order valence-electron chi connectivity index (χ3n) is 6.00. The summed E-state index contributed by atoms with van der Waals surface area (Å²) in [6.45, 7) is 2.05. The van der Waals surface area contributed by atoms with Gasteiger partial charge in [-0.1, -0.05) is 41.9 Å². The van der Waals surface area contributed by atoms with Crippen molar-refractivity contribution in [2.45, 2.75) is 44.4 Å². The number of aliphatic carboxylic acids is 1. The van der Waals surface area contributed by atoms with Gasteiger partial charge in [-0.15, -0.1) is 0 Å². The molecule has 1 amide bonds. The number of hydrogen-bond donors (Lipinski definition) is 2. The zero-order valence-electron chi connectivity index (χ0n) is 19.7. The maximum atomic E-state index is 13.1. The van der Waals surface area contributed by atoms with Crippen molar-refractivity contribution in [3.05, 3.63) is 75.2 Å². The van der Waals surface area contributed by atoms with Gasteiger partial charge in [0.05, 0.1) is 17.6 Å². The number of fused-ring (bicyclic) bond motifs is 1. The topological polar surface area (TPSA) is 119 Å². The molecule has 1 fully saturated rings. The minimum Gasteiger partial charge on any atom is -0.475 e. The van der Waals surface area contributed by atoms with Crippen LogP contribution in [-0.2, 0) is 22.6 Å². The Morgan fingerprint density at radius 2 is 1.73 bits per heavy atom. The summed E-state index contributed by atoms with van der Waals surface area (Å²) in [5, 5.41) is 14.1. The molecule has 0 aliphatic carbocycles. The molecule has 3 N–H and O–H groups in total. The van der Waals surface area contributed by atoms with Crippen molar-refractivity contribution < 1.29 is 27.9 Å². The zero-order chi connectivity index (χ0) is 27.2. The lowest BCUT2D eigenvalue weighted by Gasteiger charge is -2.24. The lowest BCUT2D eigenvalue weighted by atomic mass is 10.0. The van der Waals surface area contributed by atoms with Gasteiger partial charge in [0, 0.05) is 35.8 Å². The van der Waals surface area contributed by atoms with Crippen molar-refractivity contribution in [2.75, 3.05) is 13.1 Å². The van der Waals surface area contributed by atoms with Gasteiger partial charge < -0.3 is 10.8 Å². The number of carboxylic acids is 1. The van der Waals surface area contributed by atoms with Crippen LogP contribution in [0.25, 0.3) is 10.8 Å². The first kappa shape index (κ1) is 28.1. The molecule has 1 saturated heterocycles. The summed E-state index contributed by atoms with van der Waals surface area (Å²) in [7, 11) is 0. The van der Waals surface area contributed by atoms with Crippen LogP contribution in [0, 0.1) is 0 Å². The highest BCUT2D eigenvalue weighted by atomic mass is 35.5. The molecule has 4 rings (SSSR count). The fraction of sp³-hybridized carbons (Fsp3) is 0.360. The standard InChI is InChI=1S/C23H25ClN4O2.C2HF3O2/c24-17-9-7-16(8-10-17)14-21-19-5-1-2-6-20(19)23(30)28(26-21)15-18-4-3-12-27(18)13-11-22(25)29;3-2(4,5)1(6)7/h1-2,5-10,18H,3-4,11-15H2,(H2,25,29);(H,6,7)/t18-;/m1./s1. The molecule has 1 aromatic heterocycles. The van der Waals surface area contributed by atoms with E-state index in [1.807, 2.05) is 48.5 Å². The first-order valence-electron chi connectivity index (χ1n) is 11.5. The Kier molecular flexibility index (Phi) is 9.28. The Balaban J connectivity index is 0.000000479. The maximum absolute atomic E-state index is 13.1. The van der Waals surface area contributed by atoms with E-state index < -0.39 is 12.1 Å². The number of halogens is 4. The number of hydrogen-bond acceptors (Lipinski definition) is 5. The number of rotatable bonds is 7. The minimum absolute atomic E-state index is 0.0767. The van der Waals surface area contributed by atoms with Crippen LogP contribution in [0.4, 0.5) is 13.2 Å². The number of carbonyl (C=O) groups excluding carboxylic acids is 1. The fourth-order valence-electron chi connectivity index (χ4n) is 4.20. The number of nitrogens with zero attached hydrogens (tertiary/aromatic N) is 3. The largest absolute Gasteiger partial charge is 0.490 e. The molecule has 2 aromatic carbocycles. The molecule has 2 heterocycles. The Labute approximate surface area is 215 Å². The van der Waals surface area contributed by atoms with Gasteiger partial charge in [0.1, 0.15) is 0 Å². The van der Waals surface area contributed by atoms with Gasteiger partial charge in [0.2, 0.25) is 5.91 Å². The molecule has 37 heavy (non-hydrogen) atoms. The summed E-state index contributed by atoms with van der Waals surface area (Å²) >= 11 is 6.02. The van der Waals surface area contributed by atoms with Crippen molar-refractivity contribution in [1.82, 2.24) is 14.7 Å². The normalized spacial score (nSPS) is 15.8. The van der Waals surface area contributed by atoms with Gasteiger partial charge >= 0.3 is 12.1 Å². The number of nitrogens with two attached hydrogens (primary N) is 1. The Bertz CT molecular complexity index is 1310. The number of likely N-dealkylation sites (tertiary alicyclic amines) is 1. The van der Waals surface area contributed by atoms with Crippen molar-refractivity contribution in [2.24, 2.45) is 5.73 Å². The van der Waals surface area contributed by atoms with Crippen molar-refractivity contribution >= 4 is 34.2 Å². The van der Waals surface area contributed by atoms with Gasteiger partial charge in [0.15, 0.2) is 0 Å². The molecule has 0 bridgehead atoms. The van der Waals surface area contributed by atoms with Gasteiger partial charge in [-0.25, -0.2) is 9.48 Å². The molecule has 0 radical (unpaired) electrons. The SMILES string of the molecule is NC(=O)CCN1CCC[C@@H]1Cn1nc(Cc2ccc(Cl)cc2)c2ccccc2c1=O.O=C(O)C(F)(F)F. The first-order valence-corrected chi connectivity index (χ1v) is 11.9. The van der Waals surface area contributed by atoms with E-state index in [1.165, 1.54) is 0 Å². The predicted octanol–water partition coefficient (Wildman–Crippen LogP) is 3.61. The summed E-state index contributed by atoms with van der Waals surface area (Å²) in [6.07, 6.45) is -2.11. The lowest BCUT2D eigenvalue weighted by molar-refractivity contribution is -0.192. The highest BCUT2D eigenvalue weighted by molar-refractivity contribution is 6.30. The molecular weight excluding hydrogens is 513 g/mol. The number of benzene rings is 2. The second-order valence-electron chi connectivity index (χ2n) is 8.63.